The minimum atomic E-state index is -1.15. The molecule has 1 amide bonds. The summed E-state index contributed by atoms with van der Waals surface area (Å²) in [6.45, 7) is 3.38. The zero-order valence-corrected chi connectivity index (χ0v) is 17.2. The molecule has 1 fully saturated rings. The average Bonchev–Trinajstić information content (AvgIpc) is 3.05. The van der Waals surface area contributed by atoms with Gasteiger partial charge in [-0.25, -0.2) is 0 Å². The number of Topliss-reactive ketones (excluding diaryl/α,β-unsaturated/α-hetero) is 3. The van der Waals surface area contributed by atoms with Gasteiger partial charge in [0.2, 0.25) is 5.78 Å². The molecular weight excluding hydrogens is 390 g/mol. The maximum absolute atomic E-state index is 13.4. The Kier molecular flexibility index (Phi) is 5.34. The van der Waals surface area contributed by atoms with E-state index in [0.29, 0.717) is 22.4 Å². The highest BCUT2D eigenvalue weighted by atomic mass is 16.2. The van der Waals surface area contributed by atoms with Crippen LogP contribution in [0.3, 0.4) is 0 Å². The van der Waals surface area contributed by atoms with E-state index in [4.69, 9.17) is 0 Å². The molecule has 31 heavy (non-hydrogen) atoms. The number of anilines is 1. The van der Waals surface area contributed by atoms with Gasteiger partial charge in [-0.1, -0.05) is 60.2 Å². The van der Waals surface area contributed by atoms with Crippen LogP contribution in [0.15, 0.2) is 78.9 Å². The summed E-state index contributed by atoms with van der Waals surface area (Å²) in [6.07, 6.45) is 0. The SMILES string of the molecule is CC(=O)c1ccc(N2C(=O)C(=O)C(C(=O)c3ccc(C)cc3)C2c2ccccc2)cc1. The first-order valence-electron chi connectivity index (χ1n) is 10.0. The Morgan fingerprint density at radius 3 is 1.94 bits per heavy atom. The zero-order valence-electron chi connectivity index (χ0n) is 17.2. The van der Waals surface area contributed by atoms with Crippen molar-refractivity contribution in [2.45, 2.75) is 19.9 Å². The molecule has 5 heteroatoms. The van der Waals surface area contributed by atoms with Crippen LogP contribution >= 0.6 is 0 Å². The van der Waals surface area contributed by atoms with Crippen LogP contribution in [0.4, 0.5) is 5.69 Å². The number of nitrogens with zero attached hydrogens (tertiary/aromatic N) is 1. The molecule has 5 nitrogen and oxygen atoms in total. The van der Waals surface area contributed by atoms with Crippen LogP contribution < -0.4 is 4.90 Å². The molecular formula is C26H21NO4. The molecule has 4 rings (SSSR count). The third-order valence-corrected chi connectivity index (χ3v) is 5.62. The second-order valence-corrected chi connectivity index (χ2v) is 7.71. The van der Waals surface area contributed by atoms with Gasteiger partial charge in [-0.05, 0) is 43.7 Å². The summed E-state index contributed by atoms with van der Waals surface area (Å²) in [5.74, 6) is -3.08. The summed E-state index contributed by atoms with van der Waals surface area (Å²) in [4.78, 5) is 52.5. The molecule has 1 aliphatic rings. The van der Waals surface area contributed by atoms with Gasteiger partial charge in [0.1, 0.15) is 5.92 Å². The summed E-state index contributed by atoms with van der Waals surface area (Å²) in [5, 5.41) is 0. The third-order valence-electron chi connectivity index (χ3n) is 5.62. The van der Waals surface area contributed by atoms with Gasteiger partial charge in [0.15, 0.2) is 11.6 Å². The van der Waals surface area contributed by atoms with Crippen molar-refractivity contribution < 1.29 is 19.2 Å². The molecule has 154 valence electrons. The largest absolute Gasteiger partial charge is 0.297 e. The number of aryl methyl sites for hydroxylation is 1. The van der Waals surface area contributed by atoms with E-state index in [0.717, 1.165) is 5.56 Å². The maximum Gasteiger partial charge on any atom is 0.295 e. The van der Waals surface area contributed by atoms with Crippen molar-refractivity contribution in [1.82, 2.24) is 0 Å². The van der Waals surface area contributed by atoms with Crippen molar-refractivity contribution in [2.75, 3.05) is 4.90 Å². The molecule has 3 aromatic carbocycles. The van der Waals surface area contributed by atoms with E-state index in [1.165, 1.54) is 11.8 Å². The van der Waals surface area contributed by atoms with Gasteiger partial charge < -0.3 is 0 Å². The van der Waals surface area contributed by atoms with Gasteiger partial charge in [0, 0.05) is 16.8 Å². The van der Waals surface area contributed by atoms with Crippen LogP contribution in [0.1, 0.15) is 44.8 Å². The predicted molar refractivity (Wildman–Crippen MR) is 117 cm³/mol. The highest BCUT2D eigenvalue weighted by molar-refractivity contribution is 6.49. The summed E-state index contributed by atoms with van der Waals surface area (Å²) in [7, 11) is 0. The standard InChI is InChI=1S/C26H21NO4/c1-16-8-10-20(11-9-16)24(29)22-23(19-6-4-3-5-7-19)27(26(31)25(22)30)21-14-12-18(13-15-21)17(2)28/h3-15,22-23H,1-2H3. The minimum absolute atomic E-state index is 0.0950. The number of hydrogen-bond donors (Lipinski definition) is 0. The first kappa shape index (κ1) is 20.4. The van der Waals surface area contributed by atoms with Gasteiger partial charge in [0.05, 0.1) is 6.04 Å². The highest BCUT2D eigenvalue weighted by Crippen LogP contribution is 2.41. The van der Waals surface area contributed by atoms with E-state index in [-0.39, 0.29) is 11.6 Å². The molecule has 2 unspecified atom stereocenters. The Hall–Kier alpha value is -3.86. The number of amides is 1. The monoisotopic (exact) mass is 411 g/mol. The van der Waals surface area contributed by atoms with E-state index in [2.05, 4.69) is 0 Å². The molecule has 2 atom stereocenters. The fraction of sp³-hybridized carbons (Fsp3) is 0.154. The van der Waals surface area contributed by atoms with Gasteiger partial charge in [-0.2, -0.15) is 0 Å². The number of benzene rings is 3. The van der Waals surface area contributed by atoms with Crippen molar-refractivity contribution in [2.24, 2.45) is 5.92 Å². The molecule has 0 bridgehead atoms. The van der Waals surface area contributed by atoms with Crippen molar-refractivity contribution >= 4 is 28.9 Å². The lowest BCUT2D eigenvalue weighted by atomic mass is 9.86. The van der Waals surface area contributed by atoms with Gasteiger partial charge in [-0.15, -0.1) is 0 Å². The average molecular weight is 411 g/mol. The fourth-order valence-electron chi connectivity index (χ4n) is 3.96. The molecule has 0 radical (unpaired) electrons. The summed E-state index contributed by atoms with van der Waals surface area (Å²) in [5.41, 5.74) is 3.06. The smallest absolute Gasteiger partial charge is 0.295 e. The molecule has 1 saturated heterocycles. The lowest BCUT2D eigenvalue weighted by Crippen LogP contribution is -2.30. The highest BCUT2D eigenvalue weighted by Gasteiger charge is 2.52. The maximum atomic E-state index is 13.4. The normalized spacial score (nSPS) is 18.3. The van der Waals surface area contributed by atoms with Crippen LogP contribution in [0.2, 0.25) is 0 Å². The van der Waals surface area contributed by atoms with E-state index in [9.17, 15) is 19.2 Å². The lowest BCUT2D eigenvalue weighted by molar-refractivity contribution is -0.135. The molecule has 0 spiro atoms. The Bertz CT molecular complexity index is 1160. The van der Waals surface area contributed by atoms with Crippen LogP contribution in [0.25, 0.3) is 0 Å². The van der Waals surface area contributed by atoms with Crippen molar-refractivity contribution in [3.8, 4) is 0 Å². The Morgan fingerprint density at radius 1 is 0.774 bits per heavy atom. The van der Waals surface area contributed by atoms with E-state index in [1.807, 2.05) is 49.4 Å². The second-order valence-electron chi connectivity index (χ2n) is 7.71. The Labute approximate surface area is 180 Å². The molecule has 3 aromatic rings. The number of ketones is 3. The first-order chi connectivity index (χ1) is 14.9. The van der Waals surface area contributed by atoms with Crippen molar-refractivity contribution in [1.29, 1.82) is 0 Å². The van der Waals surface area contributed by atoms with Crippen molar-refractivity contribution in [3.05, 3.63) is 101 Å². The summed E-state index contributed by atoms with van der Waals surface area (Å²) < 4.78 is 0. The number of rotatable bonds is 5. The molecule has 1 heterocycles. The predicted octanol–water partition coefficient (Wildman–Crippen LogP) is 4.35. The topological polar surface area (TPSA) is 71.5 Å². The molecule has 1 aliphatic heterocycles. The molecule has 0 N–H and O–H groups in total. The van der Waals surface area contributed by atoms with E-state index < -0.39 is 23.7 Å². The quantitative estimate of drug-likeness (QED) is 0.355. The van der Waals surface area contributed by atoms with Crippen LogP contribution in [-0.2, 0) is 9.59 Å². The summed E-state index contributed by atoms with van der Waals surface area (Å²) in [6, 6.07) is 21.8. The van der Waals surface area contributed by atoms with Crippen LogP contribution in [0, 0.1) is 12.8 Å². The molecule has 0 saturated carbocycles. The van der Waals surface area contributed by atoms with E-state index in [1.54, 1.807) is 36.4 Å². The minimum Gasteiger partial charge on any atom is -0.297 e. The lowest BCUT2D eigenvalue weighted by Gasteiger charge is -2.27. The van der Waals surface area contributed by atoms with Crippen molar-refractivity contribution in [3.63, 3.8) is 0 Å². The molecule has 0 aromatic heterocycles. The number of carbonyl (C=O) groups excluding carboxylic acids is 4. The van der Waals surface area contributed by atoms with Crippen LogP contribution in [0.5, 0.6) is 0 Å². The second kappa shape index (κ2) is 8.11. The fourth-order valence-corrected chi connectivity index (χ4v) is 3.96. The van der Waals surface area contributed by atoms with Gasteiger partial charge in [-0.3, -0.25) is 24.1 Å². The molecule has 0 aliphatic carbocycles. The Balaban J connectivity index is 1.82. The third kappa shape index (κ3) is 3.70. The first-order valence-corrected chi connectivity index (χ1v) is 10.0. The van der Waals surface area contributed by atoms with E-state index >= 15 is 0 Å². The van der Waals surface area contributed by atoms with Crippen LogP contribution in [-0.4, -0.2) is 23.3 Å². The van der Waals surface area contributed by atoms with Gasteiger partial charge >= 0.3 is 0 Å². The summed E-state index contributed by atoms with van der Waals surface area (Å²) >= 11 is 0. The Morgan fingerprint density at radius 2 is 1.35 bits per heavy atom. The number of carbonyl (C=O) groups is 4. The zero-order chi connectivity index (χ0) is 22.1. The number of hydrogen-bond acceptors (Lipinski definition) is 4. The van der Waals surface area contributed by atoms with Gasteiger partial charge in [0.25, 0.3) is 5.91 Å².